The Balaban J connectivity index is 1.89. The fourth-order valence-corrected chi connectivity index (χ4v) is 3.28. The number of amides is 2. The van der Waals surface area contributed by atoms with Crippen LogP contribution in [0, 0.1) is 17.6 Å². The molecule has 1 atom stereocenters. The number of carbonyl (C=O) groups excluding carboxylic acids is 1. The van der Waals surface area contributed by atoms with E-state index in [1.54, 1.807) is 0 Å². The van der Waals surface area contributed by atoms with Crippen LogP contribution in [0.1, 0.15) is 17.5 Å². The molecule has 2 amide bonds. The summed E-state index contributed by atoms with van der Waals surface area (Å²) in [6.45, 7) is 0.549. The van der Waals surface area contributed by atoms with E-state index in [4.69, 9.17) is 5.73 Å². The molecule has 0 bridgehead atoms. The number of halogens is 2. The van der Waals surface area contributed by atoms with Crippen LogP contribution in [0.5, 0.6) is 0 Å². The molecule has 0 spiro atoms. The van der Waals surface area contributed by atoms with Gasteiger partial charge in [-0.25, -0.2) is 13.6 Å². The van der Waals surface area contributed by atoms with Gasteiger partial charge in [0.25, 0.3) is 0 Å². The summed E-state index contributed by atoms with van der Waals surface area (Å²) in [6.07, 6.45) is 2.54. The third-order valence-corrected chi connectivity index (χ3v) is 4.32. The Morgan fingerprint density at radius 1 is 1.22 bits per heavy atom. The maximum absolute atomic E-state index is 13.5. The standard InChI is InChI=1S/C18H18F2N2O/c19-14-7-13(8-15(20)9-14)16-3-1-2-12-6-11(4-5-17(12)16)10-22-18(21)23/h1-3,7-9,11H,4-6,10H2,(H3,21,22,23)/t11-/m0/s1. The Kier molecular flexibility index (Phi) is 4.28. The van der Waals surface area contributed by atoms with Gasteiger partial charge < -0.3 is 11.1 Å². The first kappa shape index (κ1) is 15.5. The lowest BCUT2D eigenvalue weighted by Crippen LogP contribution is -2.35. The molecular weight excluding hydrogens is 298 g/mol. The van der Waals surface area contributed by atoms with Gasteiger partial charge in [-0.05, 0) is 59.6 Å². The van der Waals surface area contributed by atoms with E-state index in [1.807, 2.05) is 18.2 Å². The van der Waals surface area contributed by atoms with Gasteiger partial charge in [0.05, 0.1) is 0 Å². The Morgan fingerprint density at radius 3 is 2.65 bits per heavy atom. The molecule has 3 rings (SSSR count). The van der Waals surface area contributed by atoms with Crippen molar-refractivity contribution < 1.29 is 13.6 Å². The van der Waals surface area contributed by atoms with Crippen LogP contribution in [0.15, 0.2) is 36.4 Å². The summed E-state index contributed by atoms with van der Waals surface area (Å²) in [5.41, 5.74) is 8.85. The Morgan fingerprint density at radius 2 is 1.96 bits per heavy atom. The number of nitrogens with one attached hydrogen (secondary N) is 1. The highest BCUT2D eigenvalue weighted by Crippen LogP contribution is 2.34. The van der Waals surface area contributed by atoms with Crippen molar-refractivity contribution in [2.75, 3.05) is 6.54 Å². The SMILES string of the molecule is NC(=O)NC[C@H]1CCc2c(cccc2-c2cc(F)cc(F)c2)C1. The Labute approximate surface area is 133 Å². The van der Waals surface area contributed by atoms with Gasteiger partial charge in [0.2, 0.25) is 0 Å². The second kappa shape index (κ2) is 6.36. The van der Waals surface area contributed by atoms with Gasteiger partial charge in [-0.1, -0.05) is 18.2 Å². The lowest BCUT2D eigenvalue weighted by atomic mass is 9.80. The van der Waals surface area contributed by atoms with Crippen LogP contribution in [-0.4, -0.2) is 12.6 Å². The first-order chi connectivity index (χ1) is 11.0. The Hall–Kier alpha value is -2.43. The zero-order chi connectivity index (χ0) is 16.4. The summed E-state index contributed by atoms with van der Waals surface area (Å²) in [7, 11) is 0. The fourth-order valence-electron chi connectivity index (χ4n) is 3.28. The molecule has 0 radical (unpaired) electrons. The monoisotopic (exact) mass is 316 g/mol. The molecule has 120 valence electrons. The number of primary amides is 1. The van der Waals surface area contributed by atoms with E-state index in [0.717, 1.165) is 42.0 Å². The molecule has 0 aromatic heterocycles. The maximum atomic E-state index is 13.5. The zero-order valence-corrected chi connectivity index (χ0v) is 12.6. The van der Waals surface area contributed by atoms with Crippen LogP contribution in [-0.2, 0) is 12.8 Å². The minimum atomic E-state index is -0.572. The molecule has 1 aliphatic rings. The van der Waals surface area contributed by atoms with E-state index < -0.39 is 17.7 Å². The van der Waals surface area contributed by atoms with E-state index in [2.05, 4.69) is 5.32 Å². The molecule has 0 saturated carbocycles. The summed E-state index contributed by atoms with van der Waals surface area (Å²) < 4.78 is 27.0. The largest absolute Gasteiger partial charge is 0.352 e. The van der Waals surface area contributed by atoms with Crippen LogP contribution in [0.4, 0.5) is 13.6 Å². The smallest absolute Gasteiger partial charge is 0.312 e. The average molecular weight is 316 g/mol. The average Bonchev–Trinajstić information content (AvgIpc) is 2.51. The van der Waals surface area contributed by atoms with Gasteiger partial charge >= 0.3 is 6.03 Å². The van der Waals surface area contributed by atoms with Crippen molar-refractivity contribution in [1.82, 2.24) is 5.32 Å². The number of urea groups is 1. The lowest BCUT2D eigenvalue weighted by molar-refractivity contribution is 0.246. The van der Waals surface area contributed by atoms with E-state index in [1.165, 1.54) is 12.1 Å². The van der Waals surface area contributed by atoms with Crippen LogP contribution < -0.4 is 11.1 Å². The van der Waals surface area contributed by atoms with Crippen molar-refractivity contribution in [2.24, 2.45) is 11.7 Å². The summed E-state index contributed by atoms with van der Waals surface area (Å²) in [5, 5.41) is 2.65. The molecule has 1 aliphatic carbocycles. The summed E-state index contributed by atoms with van der Waals surface area (Å²) >= 11 is 0. The van der Waals surface area contributed by atoms with Crippen molar-refractivity contribution in [3.05, 3.63) is 59.2 Å². The van der Waals surface area contributed by atoms with Gasteiger partial charge in [0.1, 0.15) is 11.6 Å². The van der Waals surface area contributed by atoms with Gasteiger partial charge in [-0.2, -0.15) is 0 Å². The molecule has 0 unspecified atom stereocenters. The third-order valence-electron chi connectivity index (χ3n) is 4.32. The van der Waals surface area contributed by atoms with E-state index in [0.29, 0.717) is 18.0 Å². The first-order valence-electron chi connectivity index (χ1n) is 7.63. The number of benzene rings is 2. The molecule has 3 nitrogen and oxygen atoms in total. The van der Waals surface area contributed by atoms with Gasteiger partial charge in [-0.3, -0.25) is 0 Å². The predicted molar refractivity (Wildman–Crippen MR) is 84.9 cm³/mol. The van der Waals surface area contributed by atoms with Crippen molar-refractivity contribution in [3.8, 4) is 11.1 Å². The lowest BCUT2D eigenvalue weighted by Gasteiger charge is -2.26. The van der Waals surface area contributed by atoms with E-state index in [9.17, 15) is 13.6 Å². The van der Waals surface area contributed by atoms with Crippen molar-refractivity contribution in [3.63, 3.8) is 0 Å². The summed E-state index contributed by atoms with van der Waals surface area (Å²) in [4.78, 5) is 10.8. The van der Waals surface area contributed by atoms with E-state index >= 15 is 0 Å². The van der Waals surface area contributed by atoms with Crippen molar-refractivity contribution in [2.45, 2.75) is 19.3 Å². The zero-order valence-electron chi connectivity index (χ0n) is 12.6. The molecule has 0 fully saturated rings. The second-order valence-electron chi connectivity index (χ2n) is 5.96. The topological polar surface area (TPSA) is 55.1 Å². The second-order valence-corrected chi connectivity index (χ2v) is 5.96. The number of carbonyl (C=O) groups is 1. The first-order valence-corrected chi connectivity index (χ1v) is 7.63. The van der Waals surface area contributed by atoms with Crippen LogP contribution in [0.25, 0.3) is 11.1 Å². The number of fused-ring (bicyclic) bond motifs is 1. The molecule has 3 N–H and O–H groups in total. The highest BCUT2D eigenvalue weighted by molar-refractivity contribution is 5.71. The molecule has 2 aromatic rings. The van der Waals surface area contributed by atoms with Gasteiger partial charge in [0, 0.05) is 12.6 Å². The van der Waals surface area contributed by atoms with Crippen LogP contribution in [0.2, 0.25) is 0 Å². The number of nitrogens with two attached hydrogens (primary N) is 1. The van der Waals surface area contributed by atoms with Gasteiger partial charge in [0.15, 0.2) is 0 Å². The van der Waals surface area contributed by atoms with Gasteiger partial charge in [-0.15, -0.1) is 0 Å². The molecule has 0 saturated heterocycles. The number of rotatable bonds is 3. The Bertz CT molecular complexity index is 726. The quantitative estimate of drug-likeness (QED) is 0.896. The minimum Gasteiger partial charge on any atom is -0.352 e. The maximum Gasteiger partial charge on any atom is 0.312 e. The molecule has 0 aliphatic heterocycles. The van der Waals surface area contributed by atoms with Crippen LogP contribution in [0.3, 0.4) is 0 Å². The third kappa shape index (κ3) is 3.50. The molecule has 5 heteroatoms. The van der Waals surface area contributed by atoms with Crippen LogP contribution >= 0.6 is 0 Å². The highest BCUT2D eigenvalue weighted by Gasteiger charge is 2.21. The normalized spacial score (nSPS) is 16.7. The number of hydrogen-bond donors (Lipinski definition) is 2. The predicted octanol–water partition coefficient (Wildman–Crippen LogP) is 3.41. The summed E-state index contributed by atoms with van der Waals surface area (Å²) in [5.74, 6) is -0.816. The molecule has 0 heterocycles. The van der Waals surface area contributed by atoms with Crippen molar-refractivity contribution >= 4 is 6.03 Å². The highest BCUT2D eigenvalue weighted by atomic mass is 19.1. The minimum absolute atomic E-state index is 0.328. The molecule has 2 aromatic carbocycles. The molecular formula is C18H18F2N2O. The summed E-state index contributed by atoms with van der Waals surface area (Å²) in [6, 6.07) is 8.92. The number of hydrogen-bond acceptors (Lipinski definition) is 1. The van der Waals surface area contributed by atoms with Crippen molar-refractivity contribution in [1.29, 1.82) is 0 Å². The molecule has 23 heavy (non-hydrogen) atoms. The fraction of sp³-hybridized carbons (Fsp3) is 0.278. The van der Waals surface area contributed by atoms with E-state index in [-0.39, 0.29) is 0 Å².